The van der Waals surface area contributed by atoms with Crippen LogP contribution in [0.15, 0.2) is 66.2 Å². The average Bonchev–Trinajstić information content (AvgIpc) is 3.57. The number of nitrogens with two attached hydrogens (primary N) is 1. The van der Waals surface area contributed by atoms with Crippen LogP contribution in [0.4, 0.5) is 5.69 Å². The van der Waals surface area contributed by atoms with E-state index in [1.807, 2.05) is 34.2 Å². The van der Waals surface area contributed by atoms with E-state index in [9.17, 15) is 4.79 Å². The molecule has 0 fully saturated rings. The molecule has 0 unspecified atom stereocenters. The number of anilines is 1. The van der Waals surface area contributed by atoms with E-state index < -0.39 is 0 Å². The summed E-state index contributed by atoms with van der Waals surface area (Å²) in [5.41, 5.74) is 14.0. The Morgan fingerprint density at radius 1 is 1.03 bits per heavy atom. The van der Waals surface area contributed by atoms with Crippen molar-refractivity contribution in [3.63, 3.8) is 0 Å². The van der Waals surface area contributed by atoms with Gasteiger partial charge in [0, 0.05) is 22.7 Å². The number of thiazole rings is 1. The molecule has 5 aromatic rings. The Bertz CT molecular complexity index is 1600. The van der Waals surface area contributed by atoms with E-state index in [1.54, 1.807) is 18.2 Å². The van der Waals surface area contributed by atoms with Crippen LogP contribution in [0.25, 0.3) is 27.3 Å². The summed E-state index contributed by atoms with van der Waals surface area (Å²) >= 11 is 1.52. The summed E-state index contributed by atoms with van der Waals surface area (Å²) in [5.74, 6) is 1.00. The van der Waals surface area contributed by atoms with E-state index in [-0.39, 0.29) is 12.6 Å². The molecule has 1 aliphatic rings. The quantitative estimate of drug-likeness (QED) is 0.334. The number of nitrogens with zero attached hydrogens (tertiary/aromatic N) is 2. The van der Waals surface area contributed by atoms with E-state index in [4.69, 9.17) is 20.2 Å². The number of ether oxygens (including phenoxy) is 2. The number of rotatable bonds is 4. The van der Waals surface area contributed by atoms with Crippen molar-refractivity contribution in [2.24, 2.45) is 0 Å². The Hall–Kier alpha value is -4.10. The van der Waals surface area contributed by atoms with Crippen LogP contribution >= 0.6 is 11.3 Å². The van der Waals surface area contributed by atoms with Crippen molar-refractivity contribution in [3.8, 4) is 33.3 Å². The van der Waals surface area contributed by atoms with Gasteiger partial charge in [-0.15, -0.1) is 11.3 Å². The molecule has 0 bridgehead atoms. The van der Waals surface area contributed by atoms with Gasteiger partial charge >= 0.3 is 0 Å². The topological polar surface area (TPSA) is 78.9 Å². The summed E-state index contributed by atoms with van der Waals surface area (Å²) in [4.78, 5) is 18.5. The van der Waals surface area contributed by atoms with Gasteiger partial charge in [-0.05, 0) is 61.4 Å². The number of aryl methyl sites for hydroxylation is 2. The molecule has 0 saturated heterocycles. The van der Waals surface area contributed by atoms with Crippen molar-refractivity contribution >= 4 is 28.3 Å². The minimum absolute atomic E-state index is 0.153. The van der Waals surface area contributed by atoms with Gasteiger partial charge in [-0.3, -0.25) is 4.79 Å². The highest BCUT2D eigenvalue weighted by molar-refractivity contribution is 7.13. The molecule has 0 amide bonds. The van der Waals surface area contributed by atoms with Gasteiger partial charge in [0.1, 0.15) is 10.7 Å². The summed E-state index contributed by atoms with van der Waals surface area (Å²) in [7, 11) is 0. The number of fused-ring (bicyclic) bond motifs is 2. The third kappa shape index (κ3) is 3.16. The molecule has 1 aliphatic heterocycles. The molecule has 168 valence electrons. The van der Waals surface area contributed by atoms with Crippen LogP contribution in [0, 0.1) is 13.8 Å². The van der Waals surface area contributed by atoms with E-state index >= 15 is 0 Å². The largest absolute Gasteiger partial charge is 0.454 e. The summed E-state index contributed by atoms with van der Waals surface area (Å²) < 4.78 is 12.7. The fourth-order valence-corrected chi connectivity index (χ4v) is 5.18. The number of hydrogen-bond acceptors (Lipinski definition) is 6. The first kappa shape index (κ1) is 20.5. The number of carbonyl (C=O) groups excluding carboxylic acids is 1. The van der Waals surface area contributed by atoms with Crippen LogP contribution in [0.5, 0.6) is 11.5 Å². The maximum atomic E-state index is 13.6. The highest BCUT2D eigenvalue weighted by atomic mass is 32.1. The second-order valence-electron chi connectivity index (χ2n) is 8.33. The number of hydrogen-bond donors (Lipinski definition) is 1. The van der Waals surface area contributed by atoms with Crippen molar-refractivity contribution in [2.75, 3.05) is 12.5 Å². The maximum absolute atomic E-state index is 13.6. The summed E-state index contributed by atoms with van der Waals surface area (Å²) in [6, 6.07) is 17.3. The molecule has 4 heterocycles. The third-order valence-corrected chi connectivity index (χ3v) is 7.11. The van der Waals surface area contributed by atoms with Crippen molar-refractivity contribution in [1.29, 1.82) is 0 Å². The molecule has 0 saturated carbocycles. The number of aromatic nitrogens is 2. The highest BCUT2D eigenvalue weighted by Gasteiger charge is 2.26. The lowest BCUT2D eigenvalue weighted by molar-refractivity contribution is 0.103. The zero-order valence-electron chi connectivity index (χ0n) is 18.7. The number of nitrogen functional groups attached to an aromatic ring is 1. The van der Waals surface area contributed by atoms with Gasteiger partial charge in [0.2, 0.25) is 12.6 Å². The molecular weight excluding hydrogens is 446 g/mol. The van der Waals surface area contributed by atoms with Crippen LogP contribution in [-0.4, -0.2) is 22.0 Å². The zero-order valence-corrected chi connectivity index (χ0v) is 19.5. The molecule has 0 aliphatic carbocycles. The minimum Gasteiger partial charge on any atom is -0.454 e. The van der Waals surface area contributed by atoms with Crippen molar-refractivity contribution < 1.29 is 14.3 Å². The van der Waals surface area contributed by atoms with Gasteiger partial charge < -0.3 is 19.6 Å². The van der Waals surface area contributed by atoms with Gasteiger partial charge in [-0.2, -0.15) is 0 Å². The molecule has 6 nitrogen and oxygen atoms in total. The van der Waals surface area contributed by atoms with Crippen LogP contribution in [0.2, 0.25) is 0 Å². The van der Waals surface area contributed by atoms with Crippen LogP contribution < -0.4 is 15.2 Å². The molecule has 0 atom stereocenters. The lowest BCUT2D eigenvalue weighted by Gasteiger charge is -2.05. The lowest BCUT2D eigenvalue weighted by atomic mass is 10.0. The SMILES string of the molecule is Cc1ccc(-c2csc(-c3c(N)c(C(=O)c4ccc5c(c4)OCO5)n4ccccc34)n2)cc1C. The van der Waals surface area contributed by atoms with E-state index in [0.29, 0.717) is 28.4 Å². The number of pyridine rings is 1. The fourth-order valence-electron chi connectivity index (χ4n) is 4.28. The first-order valence-corrected chi connectivity index (χ1v) is 11.8. The van der Waals surface area contributed by atoms with Gasteiger partial charge in [0.15, 0.2) is 11.5 Å². The van der Waals surface area contributed by atoms with Crippen LogP contribution in [-0.2, 0) is 0 Å². The molecule has 6 rings (SSSR count). The monoisotopic (exact) mass is 467 g/mol. The third-order valence-electron chi connectivity index (χ3n) is 6.25. The molecule has 34 heavy (non-hydrogen) atoms. The van der Waals surface area contributed by atoms with Crippen LogP contribution in [0.3, 0.4) is 0 Å². The van der Waals surface area contributed by atoms with E-state index in [1.165, 1.54) is 22.5 Å². The van der Waals surface area contributed by atoms with Gasteiger partial charge in [0.25, 0.3) is 0 Å². The summed E-state index contributed by atoms with van der Waals surface area (Å²) in [6.45, 7) is 4.35. The Morgan fingerprint density at radius 2 is 1.88 bits per heavy atom. The molecular formula is C27H21N3O3S. The first-order valence-electron chi connectivity index (χ1n) is 10.9. The normalized spacial score (nSPS) is 12.4. The first-order chi connectivity index (χ1) is 16.5. The van der Waals surface area contributed by atoms with Crippen molar-refractivity contribution in [1.82, 2.24) is 9.38 Å². The van der Waals surface area contributed by atoms with Gasteiger partial charge in [-0.25, -0.2) is 4.98 Å². The molecule has 0 radical (unpaired) electrons. The van der Waals surface area contributed by atoms with Crippen molar-refractivity contribution in [3.05, 3.63) is 88.6 Å². The highest BCUT2D eigenvalue weighted by Crippen LogP contribution is 2.40. The molecule has 3 aromatic heterocycles. The predicted octanol–water partition coefficient (Wildman–Crippen LogP) is 5.89. The van der Waals surface area contributed by atoms with Gasteiger partial charge in [-0.1, -0.05) is 18.2 Å². The number of benzene rings is 2. The van der Waals surface area contributed by atoms with Crippen LogP contribution in [0.1, 0.15) is 27.2 Å². The predicted molar refractivity (Wildman–Crippen MR) is 134 cm³/mol. The lowest BCUT2D eigenvalue weighted by Crippen LogP contribution is -2.08. The second kappa shape index (κ2) is 7.74. The number of ketones is 1. The molecule has 2 aromatic carbocycles. The second-order valence-corrected chi connectivity index (χ2v) is 9.19. The Kier molecular flexibility index (Phi) is 4.67. The Labute approximate surface area is 200 Å². The minimum atomic E-state index is -0.186. The molecule has 2 N–H and O–H groups in total. The van der Waals surface area contributed by atoms with E-state index in [2.05, 4.69) is 32.0 Å². The summed E-state index contributed by atoms with van der Waals surface area (Å²) in [6.07, 6.45) is 1.85. The Balaban J connectivity index is 1.47. The Morgan fingerprint density at radius 3 is 2.74 bits per heavy atom. The smallest absolute Gasteiger partial charge is 0.231 e. The van der Waals surface area contributed by atoms with Crippen molar-refractivity contribution in [2.45, 2.75) is 13.8 Å². The zero-order chi connectivity index (χ0) is 23.4. The van der Waals surface area contributed by atoms with Gasteiger partial charge in [0.05, 0.1) is 22.5 Å². The molecule has 7 heteroatoms. The van der Waals surface area contributed by atoms with E-state index in [0.717, 1.165) is 27.3 Å². The summed E-state index contributed by atoms with van der Waals surface area (Å²) in [5, 5.41) is 2.81. The molecule has 0 spiro atoms. The standard InChI is InChI=1S/C27H21N3O3S/c1-15-6-7-17(11-16(15)2)19-13-34-27(29-19)23-20-5-3-4-10-30(20)25(24(23)28)26(31)18-8-9-21-22(12-18)33-14-32-21/h3-13H,14,28H2,1-2H3. The maximum Gasteiger partial charge on any atom is 0.231 e. The number of carbonyl (C=O) groups is 1. The average molecular weight is 468 g/mol. The fraction of sp³-hybridized carbons (Fsp3) is 0.111.